The number of benzene rings is 1. The molecule has 0 aliphatic carbocycles. The van der Waals surface area contributed by atoms with Gasteiger partial charge in [-0.15, -0.1) is 0 Å². The Morgan fingerprint density at radius 3 is 2.45 bits per heavy atom. The van der Waals surface area contributed by atoms with Crippen molar-refractivity contribution in [2.75, 3.05) is 0 Å². The molecule has 0 spiro atoms. The maximum absolute atomic E-state index is 12.4. The van der Waals surface area contributed by atoms with Crippen LogP contribution in [-0.4, -0.2) is 0 Å². The molecule has 0 fully saturated rings. The second kappa shape index (κ2) is 4.29. The smallest absolute Gasteiger partial charge is 0.123 e. The van der Waals surface area contributed by atoms with Crippen LogP contribution < -0.4 is 0 Å². The van der Waals surface area contributed by atoms with E-state index in [0.717, 1.165) is 12.0 Å². The monoisotopic (exact) mass is 214 g/mol. The Balaban J connectivity index is 2.66. The van der Waals surface area contributed by atoms with Gasteiger partial charge in [-0.05, 0) is 29.1 Å². The molecule has 11 heavy (non-hydrogen) atoms. The summed E-state index contributed by atoms with van der Waals surface area (Å²) in [4.78, 5) is 1.80. The third kappa shape index (κ3) is 2.85. The molecule has 0 aliphatic rings. The van der Waals surface area contributed by atoms with Crippen molar-refractivity contribution < 1.29 is 4.39 Å². The molecular weight excluding hydrogens is 207 g/mol. The normalized spacial score (nSPS) is 10.7. The molecule has 1 aromatic carbocycles. The van der Waals surface area contributed by atoms with E-state index in [9.17, 15) is 4.39 Å². The van der Waals surface area contributed by atoms with Crippen molar-refractivity contribution in [3.05, 3.63) is 46.7 Å². The van der Waals surface area contributed by atoms with Crippen LogP contribution in [0.2, 0.25) is 0 Å². The Morgan fingerprint density at radius 2 is 1.91 bits per heavy atom. The summed E-state index contributed by atoms with van der Waals surface area (Å²) in [5, 5.41) is 0. The van der Waals surface area contributed by atoms with Crippen molar-refractivity contribution in [2.24, 2.45) is 0 Å². The minimum Gasteiger partial charge on any atom is -0.207 e. The first-order chi connectivity index (χ1) is 5.33. The average molecular weight is 215 g/mol. The first kappa shape index (κ1) is 8.47. The molecule has 1 rings (SSSR count). The van der Waals surface area contributed by atoms with Crippen LogP contribution in [0.1, 0.15) is 5.56 Å². The highest BCUT2D eigenvalue weighted by Gasteiger charge is 1.89. The summed E-state index contributed by atoms with van der Waals surface area (Å²) in [5.41, 5.74) is 1.11. The fourth-order valence-corrected chi connectivity index (χ4v) is 0.988. The van der Waals surface area contributed by atoms with Gasteiger partial charge in [-0.1, -0.05) is 34.1 Å². The lowest BCUT2D eigenvalue weighted by Crippen LogP contribution is -1.80. The van der Waals surface area contributed by atoms with Crippen LogP contribution in [0.15, 0.2) is 35.3 Å². The predicted molar refractivity (Wildman–Crippen MR) is 48.2 cm³/mol. The predicted octanol–water partition coefficient (Wildman–Crippen LogP) is 3.28. The largest absolute Gasteiger partial charge is 0.207 e. The van der Waals surface area contributed by atoms with E-state index in [1.165, 1.54) is 12.1 Å². The molecule has 0 radical (unpaired) electrons. The third-order valence-electron chi connectivity index (χ3n) is 1.36. The second-order valence-corrected chi connectivity index (χ2v) is 2.72. The Kier molecular flexibility index (Phi) is 3.30. The van der Waals surface area contributed by atoms with Crippen molar-refractivity contribution >= 4 is 15.9 Å². The summed E-state index contributed by atoms with van der Waals surface area (Å²) in [6.45, 7) is 0. The van der Waals surface area contributed by atoms with Gasteiger partial charge in [-0.25, -0.2) is 4.39 Å². The quantitative estimate of drug-likeness (QED) is 0.710. The van der Waals surface area contributed by atoms with Crippen LogP contribution in [0.3, 0.4) is 0 Å². The fraction of sp³-hybridized carbons (Fsp3) is 0.111. The molecular formula is C9H8BrF. The summed E-state index contributed by atoms with van der Waals surface area (Å²) in [6.07, 6.45) is 2.80. The molecule has 0 saturated carbocycles. The van der Waals surface area contributed by atoms with Crippen LogP contribution in [0.25, 0.3) is 0 Å². The number of hydrogen-bond donors (Lipinski definition) is 0. The van der Waals surface area contributed by atoms with Crippen LogP contribution in [0.4, 0.5) is 4.39 Å². The van der Waals surface area contributed by atoms with E-state index >= 15 is 0 Å². The van der Waals surface area contributed by atoms with Gasteiger partial charge in [-0.3, -0.25) is 0 Å². The first-order valence-corrected chi connectivity index (χ1v) is 4.24. The van der Waals surface area contributed by atoms with Crippen molar-refractivity contribution in [3.63, 3.8) is 0 Å². The van der Waals surface area contributed by atoms with E-state index in [1.54, 1.807) is 17.1 Å². The van der Waals surface area contributed by atoms with Gasteiger partial charge >= 0.3 is 0 Å². The number of hydrogen-bond acceptors (Lipinski definition) is 0. The molecule has 58 valence electrons. The molecule has 0 N–H and O–H groups in total. The van der Waals surface area contributed by atoms with Crippen LogP contribution >= 0.6 is 15.9 Å². The zero-order valence-electron chi connectivity index (χ0n) is 5.93. The minimum atomic E-state index is -0.184. The van der Waals surface area contributed by atoms with E-state index in [0.29, 0.717) is 0 Å². The van der Waals surface area contributed by atoms with E-state index in [-0.39, 0.29) is 5.82 Å². The summed E-state index contributed by atoms with van der Waals surface area (Å²) >= 11 is 3.17. The van der Waals surface area contributed by atoms with Crippen LogP contribution in [-0.2, 0) is 6.42 Å². The van der Waals surface area contributed by atoms with Gasteiger partial charge in [0.1, 0.15) is 5.82 Å². The summed E-state index contributed by atoms with van der Waals surface area (Å²) in [5.74, 6) is -0.184. The lowest BCUT2D eigenvalue weighted by Gasteiger charge is -1.93. The number of allylic oxidation sites excluding steroid dienone is 1. The standard InChI is InChI=1S/C9H8BrF/c10-7-1-2-8-3-5-9(11)6-4-8/h1,3-7H,2H2/b7-1+. The summed E-state index contributed by atoms with van der Waals surface area (Å²) in [7, 11) is 0. The molecule has 0 aliphatic heterocycles. The minimum absolute atomic E-state index is 0.184. The lowest BCUT2D eigenvalue weighted by molar-refractivity contribution is 0.627. The molecule has 0 saturated heterocycles. The SMILES string of the molecule is Fc1ccc(C/C=C/Br)cc1. The Hall–Kier alpha value is -0.630. The highest BCUT2D eigenvalue weighted by Crippen LogP contribution is 2.04. The number of rotatable bonds is 2. The molecule has 0 aromatic heterocycles. The van der Waals surface area contributed by atoms with Gasteiger partial charge in [0, 0.05) is 0 Å². The van der Waals surface area contributed by atoms with Gasteiger partial charge < -0.3 is 0 Å². The van der Waals surface area contributed by atoms with Crippen LogP contribution in [0.5, 0.6) is 0 Å². The highest BCUT2D eigenvalue weighted by molar-refractivity contribution is 9.11. The molecule has 0 amide bonds. The van der Waals surface area contributed by atoms with Crippen molar-refractivity contribution in [1.29, 1.82) is 0 Å². The average Bonchev–Trinajstić information content (AvgIpc) is 2.04. The third-order valence-corrected chi connectivity index (χ3v) is 1.73. The highest BCUT2D eigenvalue weighted by atomic mass is 79.9. The molecule has 0 bridgehead atoms. The van der Waals surface area contributed by atoms with Crippen LogP contribution in [0, 0.1) is 5.82 Å². The van der Waals surface area contributed by atoms with Crippen molar-refractivity contribution in [2.45, 2.75) is 6.42 Å². The summed E-state index contributed by atoms with van der Waals surface area (Å²) < 4.78 is 12.4. The van der Waals surface area contributed by atoms with Gasteiger partial charge in [-0.2, -0.15) is 0 Å². The summed E-state index contributed by atoms with van der Waals surface area (Å²) in [6, 6.07) is 6.50. The van der Waals surface area contributed by atoms with E-state index in [4.69, 9.17) is 0 Å². The van der Waals surface area contributed by atoms with Gasteiger partial charge in [0.05, 0.1) is 0 Å². The maximum Gasteiger partial charge on any atom is 0.123 e. The van der Waals surface area contributed by atoms with E-state index in [2.05, 4.69) is 15.9 Å². The maximum atomic E-state index is 12.4. The zero-order chi connectivity index (χ0) is 8.10. The Labute approximate surface area is 73.9 Å². The van der Waals surface area contributed by atoms with E-state index < -0.39 is 0 Å². The van der Waals surface area contributed by atoms with Crippen molar-refractivity contribution in [3.8, 4) is 0 Å². The first-order valence-electron chi connectivity index (χ1n) is 3.32. The van der Waals surface area contributed by atoms with Crippen molar-refractivity contribution in [1.82, 2.24) is 0 Å². The fourth-order valence-electron chi connectivity index (χ4n) is 0.801. The zero-order valence-corrected chi connectivity index (χ0v) is 7.51. The molecule has 0 unspecified atom stereocenters. The molecule has 1 aromatic rings. The van der Waals surface area contributed by atoms with E-state index in [1.807, 2.05) is 6.08 Å². The Bertz CT molecular complexity index is 238. The molecule has 2 heteroatoms. The molecule has 0 nitrogen and oxygen atoms in total. The number of halogens is 2. The van der Waals surface area contributed by atoms with Gasteiger partial charge in [0.2, 0.25) is 0 Å². The van der Waals surface area contributed by atoms with Gasteiger partial charge in [0.15, 0.2) is 0 Å². The second-order valence-electron chi connectivity index (χ2n) is 2.19. The lowest BCUT2D eigenvalue weighted by atomic mass is 10.1. The topological polar surface area (TPSA) is 0 Å². The molecule has 0 atom stereocenters. The molecule has 0 heterocycles. The van der Waals surface area contributed by atoms with Gasteiger partial charge in [0.25, 0.3) is 0 Å². The Morgan fingerprint density at radius 1 is 1.27 bits per heavy atom.